The topological polar surface area (TPSA) is 57.7 Å². The molecule has 0 saturated heterocycles. The Kier molecular flexibility index (Phi) is 7.71. The van der Waals surface area contributed by atoms with E-state index >= 15 is 0 Å². The molecule has 0 spiro atoms. The minimum Gasteiger partial charge on any atom is -0.334 e. The van der Waals surface area contributed by atoms with Gasteiger partial charge >= 0.3 is 0 Å². The molecule has 0 N–H and O–H groups in total. The van der Waals surface area contributed by atoms with Crippen LogP contribution in [-0.4, -0.2) is 43.2 Å². The zero-order valence-corrected chi connectivity index (χ0v) is 18.6. The van der Waals surface area contributed by atoms with E-state index in [1.807, 2.05) is 13.0 Å². The second kappa shape index (κ2) is 9.39. The fourth-order valence-corrected chi connectivity index (χ4v) is 5.45. The minimum absolute atomic E-state index is 0.0640. The number of carbonyl (C=O) groups is 1. The van der Waals surface area contributed by atoms with Crippen LogP contribution in [0.3, 0.4) is 0 Å². The van der Waals surface area contributed by atoms with E-state index in [0.717, 1.165) is 4.88 Å². The van der Waals surface area contributed by atoms with Crippen LogP contribution in [-0.2, 0) is 16.6 Å². The average molecular weight is 449 g/mol. The molecule has 148 valence electrons. The number of nitrogens with zero attached hydrogens (tertiary/aromatic N) is 2. The van der Waals surface area contributed by atoms with E-state index in [2.05, 4.69) is 0 Å². The highest BCUT2D eigenvalue weighted by Crippen LogP contribution is 2.26. The third-order valence-corrected chi connectivity index (χ3v) is 7.75. The summed E-state index contributed by atoms with van der Waals surface area (Å²) in [5.74, 6) is -0.316. The Bertz CT molecular complexity index is 909. The molecule has 1 aromatic heterocycles. The Morgan fingerprint density at radius 1 is 1.04 bits per heavy atom. The SMILES string of the molecule is CCN(Cc1ccc(Cl)s1)C(=O)c1cc(S(=O)(=O)N(CC)CC)ccc1Cl. The maximum absolute atomic E-state index is 13.0. The lowest BCUT2D eigenvalue weighted by atomic mass is 10.2. The van der Waals surface area contributed by atoms with E-state index in [9.17, 15) is 13.2 Å². The Labute approximate surface area is 174 Å². The van der Waals surface area contributed by atoms with Crippen LogP contribution in [0.1, 0.15) is 36.0 Å². The Balaban J connectivity index is 2.37. The monoisotopic (exact) mass is 448 g/mol. The fraction of sp³-hybridized carbons (Fsp3) is 0.389. The van der Waals surface area contributed by atoms with Crippen molar-refractivity contribution >= 4 is 50.5 Å². The summed E-state index contributed by atoms with van der Waals surface area (Å²) in [6, 6.07) is 7.90. The second-order valence-electron chi connectivity index (χ2n) is 5.76. The first-order valence-electron chi connectivity index (χ1n) is 8.57. The molecule has 0 unspecified atom stereocenters. The number of thiophene rings is 1. The van der Waals surface area contributed by atoms with Crippen molar-refractivity contribution in [3.8, 4) is 0 Å². The number of benzene rings is 1. The Morgan fingerprint density at radius 2 is 1.70 bits per heavy atom. The molecule has 27 heavy (non-hydrogen) atoms. The quantitative estimate of drug-likeness (QED) is 0.585. The zero-order chi connectivity index (χ0) is 20.2. The van der Waals surface area contributed by atoms with Crippen LogP contribution < -0.4 is 0 Å². The van der Waals surface area contributed by atoms with Gasteiger partial charge in [-0.2, -0.15) is 4.31 Å². The molecule has 2 aromatic rings. The van der Waals surface area contributed by atoms with Crippen molar-refractivity contribution in [2.45, 2.75) is 32.2 Å². The van der Waals surface area contributed by atoms with Gasteiger partial charge in [0.1, 0.15) is 0 Å². The number of rotatable bonds is 8. The number of amides is 1. The van der Waals surface area contributed by atoms with Crippen LogP contribution in [0.5, 0.6) is 0 Å². The predicted molar refractivity (Wildman–Crippen MR) is 111 cm³/mol. The van der Waals surface area contributed by atoms with Gasteiger partial charge in [0, 0.05) is 24.5 Å². The van der Waals surface area contributed by atoms with Gasteiger partial charge in [0.05, 0.1) is 26.4 Å². The summed E-state index contributed by atoms with van der Waals surface area (Å²) in [5.41, 5.74) is 0.175. The first-order chi connectivity index (χ1) is 12.7. The first kappa shape index (κ1) is 22.2. The molecule has 5 nitrogen and oxygen atoms in total. The molecule has 0 aliphatic heterocycles. The summed E-state index contributed by atoms with van der Waals surface area (Å²) < 4.78 is 27.5. The van der Waals surface area contributed by atoms with Crippen LogP contribution in [0.4, 0.5) is 0 Å². The molecule has 1 aromatic carbocycles. The third kappa shape index (κ3) is 5.03. The normalized spacial score (nSPS) is 11.8. The summed E-state index contributed by atoms with van der Waals surface area (Å²) in [4.78, 5) is 15.6. The summed E-state index contributed by atoms with van der Waals surface area (Å²) >= 11 is 13.6. The van der Waals surface area contributed by atoms with E-state index < -0.39 is 10.0 Å². The van der Waals surface area contributed by atoms with Gasteiger partial charge in [0.2, 0.25) is 10.0 Å². The number of sulfonamides is 1. The molecule has 0 aliphatic carbocycles. The van der Waals surface area contributed by atoms with E-state index in [-0.39, 0.29) is 21.4 Å². The van der Waals surface area contributed by atoms with Gasteiger partial charge in [-0.3, -0.25) is 4.79 Å². The molecular formula is C18H22Cl2N2O3S2. The molecule has 2 rings (SSSR count). The van der Waals surface area contributed by atoms with Crippen LogP contribution in [0, 0.1) is 0 Å². The van der Waals surface area contributed by atoms with E-state index in [1.54, 1.807) is 24.8 Å². The maximum atomic E-state index is 13.0. The smallest absolute Gasteiger partial charge is 0.255 e. The standard InChI is InChI=1S/C18H22Cl2N2O3S2/c1-4-21(12-13-7-10-17(20)26-13)18(23)15-11-14(8-9-16(15)19)27(24,25)22(5-2)6-3/h7-11H,4-6,12H2,1-3H3. The molecule has 0 atom stereocenters. The highest BCUT2D eigenvalue weighted by atomic mass is 35.5. The predicted octanol–water partition coefficient (Wildman–Crippen LogP) is 4.75. The minimum atomic E-state index is -3.67. The lowest BCUT2D eigenvalue weighted by Gasteiger charge is -2.22. The van der Waals surface area contributed by atoms with Crippen LogP contribution in [0.25, 0.3) is 0 Å². The summed E-state index contributed by atoms with van der Waals surface area (Å²) in [6.07, 6.45) is 0. The average Bonchev–Trinajstić information content (AvgIpc) is 3.05. The van der Waals surface area contributed by atoms with Crippen LogP contribution >= 0.6 is 34.5 Å². The highest BCUT2D eigenvalue weighted by molar-refractivity contribution is 7.89. The van der Waals surface area contributed by atoms with Gasteiger partial charge in [-0.1, -0.05) is 37.0 Å². The van der Waals surface area contributed by atoms with Crippen molar-refractivity contribution in [2.24, 2.45) is 0 Å². The summed E-state index contributed by atoms with van der Waals surface area (Å²) in [7, 11) is -3.67. The Morgan fingerprint density at radius 3 is 2.22 bits per heavy atom. The van der Waals surface area contributed by atoms with Crippen LogP contribution in [0.2, 0.25) is 9.36 Å². The second-order valence-corrected chi connectivity index (χ2v) is 9.90. The number of hydrogen-bond acceptors (Lipinski definition) is 4. The van der Waals surface area contributed by atoms with E-state index in [4.69, 9.17) is 23.2 Å². The van der Waals surface area contributed by atoms with Crippen molar-refractivity contribution in [3.05, 3.63) is 50.1 Å². The van der Waals surface area contributed by atoms with Gasteiger partial charge in [-0.15, -0.1) is 11.3 Å². The van der Waals surface area contributed by atoms with Gasteiger partial charge in [0.25, 0.3) is 5.91 Å². The largest absolute Gasteiger partial charge is 0.334 e. The summed E-state index contributed by atoms with van der Waals surface area (Å²) in [6.45, 7) is 6.95. The first-order valence-corrected chi connectivity index (χ1v) is 11.6. The van der Waals surface area contributed by atoms with Crippen LogP contribution in [0.15, 0.2) is 35.2 Å². The molecule has 0 radical (unpaired) electrons. The van der Waals surface area contributed by atoms with Gasteiger partial charge in [-0.05, 0) is 37.3 Å². The van der Waals surface area contributed by atoms with Gasteiger partial charge < -0.3 is 4.90 Å². The van der Waals surface area contributed by atoms with E-state index in [0.29, 0.717) is 30.5 Å². The molecule has 0 bridgehead atoms. The molecule has 1 amide bonds. The summed E-state index contributed by atoms with van der Waals surface area (Å²) in [5, 5.41) is 0.223. The number of carbonyl (C=O) groups excluding carboxylic acids is 1. The zero-order valence-electron chi connectivity index (χ0n) is 15.4. The fourth-order valence-electron chi connectivity index (χ4n) is 2.66. The number of hydrogen-bond donors (Lipinski definition) is 0. The van der Waals surface area contributed by atoms with E-state index in [1.165, 1.54) is 33.8 Å². The molecule has 0 fully saturated rings. The molecule has 9 heteroatoms. The van der Waals surface area contributed by atoms with Crippen molar-refractivity contribution in [1.29, 1.82) is 0 Å². The van der Waals surface area contributed by atoms with Gasteiger partial charge in [0.15, 0.2) is 0 Å². The van der Waals surface area contributed by atoms with Crippen molar-refractivity contribution < 1.29 is 13.2 Å². The highest BCUT2D eigenvalue weighted by Gasteiger charge is 2.25. The molecule has 1 heterocycles. The van der Waals surface area contributed by atoms with Crippen molar-refractivity contribution in [2.75, 3.05) is 19.6 Å². The van der Waals surface area contributed by atoms with Crippen molar-refractivity contribution in [1.82, 2.24) is 9.21 Å². The third-order valence-electron chi connectivity index (χ3n) is 4.16. The molecular weight excluding hydrogens is 427 g/mol. The lowest BCUT2D eigenvalue weighted by molar-refractivity contribution is 0.0754. The molecule has 0 saturated carbocycles. The Hall–Kier alpha value is -1.12. The molecule has 0 aliphatic rings. The number of halogens is 2. The lowest BCUT2D eigenvalue weighted by Crippen LogP contribution is -2.32. The van der Waals surface area contributed by atoms with Gasteiger partial charge in [-0.25, -0.2) is 8.42 Å². The van der Waals surface area contributed by atoms with Crippen molar-refractivity contribution in [3.63, 3.8) is 0 Å². The maximum Gasteiger partial charge on any atom is 0.255 e.